The number of allylic oxidation sites excluding steroid dienone is 6. The van der Waals surface area contributed by atoms with Crippen LogP contribution in [0, 0.1) is 18.3 Å². The van der Waals surface area contributed by atoms with Gasteiger partial charge >= 0.3 is 5.97 Å². The molecule has 0 saturated heterocycles. The minimum absolute atomic E-state index is 0.274. The first-order valence-electron chi connectivity index (χ1n) is 9.91. The molecule has 3 heteroatoms. The second-order valence-electron chi connectivity index (χ2n) is 6.96. The number of carboxylic acid groups (broad SMARTS) is 1. The minimum atomic E-state index is -0.707. The molecule has 1 aliphatic carbocycles. The summed E-state index contributed by atoms with van der Waals surface area (Å²) in [6.07, 6.45) is 23.6. The van der Waals surface area contributed by atoms with Crippen LogP contribution in [-0.2, 0) is 4.79 Å². The van der Waals surface area contributed by atoms with E-state index in [1.165, 1.54) is 25.7 Å². The number of aliphatic hydroxyl groups excluding tert-OH is 1. The monoisotopic (exact) mass is 347 g/mol. The van der Waals surface area contributed by atoms with Gasteiger partial charge in [0.1, 0.15) is 11.7 Å². The first-order valence-corrected chi connectivity index (χ1v) is 9.91. The Morgan fingerprint density at radius 1 is 1.08 bits per heavy atom. The van der Waals surface area contributed by atoms with Gasteiger partial charge in [0.15, 0.2) is 0 Å². The molecule has 0 heterocycles. The summed E-state index contributed by atoms with van der Waals surface area (Å²) in [6, 6.07) is 0. The van der Waals surface area contributed by atoms with Gasteiger partial charge in [0, 0.05) is 12.8 Å². The molecule has 3 nitrogen and oxygen atoms in total. The third-order valence-corrected chi connectivity index (χ3v) is 4.60. The average Bonchev–Trinajstić information content (AvgIpc) is 3.36. The molecule has 2 atom stereocenters. The normalized spacial score (nSPS) is 20.4. The molecule has 2 N–H and O–H groups in total. The molecule has 1 fully saturated rings. The van der Waals surface area contributed by atoms with E-state index >= 15 is 0 Å². The first-order chi connectivity index (χ1) is 12.1. The van der Waals surface area contributed by atoms with Crippen molar-refractivity contribution in [3.8, 4) is 0 Å². The van der Waals surface area contributed by atoms with Gasteiger partial charge in [0.05, 0.1) is 18.8 Å². The third-order valence-electron chi connectivity index (χ3n) is 4.60. The zero-order valence-electron chi connectivity index (χ0n) is 15.7. The predicted octanol–water partition coefficient (Wildman–Crippen LogP) is 6.39. The average molecular weight is 348 g/mol. The molecule has 0 amide bonds. The number of rotatable bonds is 15. The van der Waals surface area contributed by atoms with Gasteiger partial charge < -0.3 is 10.2 Å². The van der Waals surface area contributed by atoms with Crippen LogP contribution in [0.3, 0.4) is 0 Å². The standard InChI is InChI=1S/C22H34O3/c1-2-3-4-5-6-7-8-9-13-16-21(23)20-18-19(20)15-12-10-11-14-17-22(24)25/h6-7,9,13,15-16,19-20H,2-5,8,10-12,14,17-18H2,1H3,(H-,23,24,25)/p+1/b7-6-,13-9-,21-16+/t19-,20-/m1/s1. The second kappa shape index (κ2) is 13.6. The number of aliphatic hydroxyl groups is 1. The van der Waals surface area contributed by atoms with Crippen LogP contribution < -0.4 is 0 Å². The van der Waals surface area contributed by atoms with E-state index in [4.69, 9.17) is 5.11 Å². The summed E-state index contributed by atoms with van der Waals surface area (Å²) in [4.78, 5) is 10.4. The molecule has 0 spiro atoms. The van der Waals surface area contributed by atoms with Crippen molar-refractivity contribution in [2.75, 3.05) is 0 Å². The Balaban J connectivity index is 2.03. The van der Waals surface area contributed by atoms with Crippen molar-refractivity contribution in [2.24, 2.45) is 11.8 Å². The molecular weight excluding hydrogens is 312 g/mol. The Hall–Kier alpha value is -1.64. The number of unbranched alkanes of at least 4 members (excludes halogenated alkanes) is 6. The minimum Gasteiger partial charge on any atom is -0.512 e. The van der Waals surface area contributed by atoms with Crippen LogP contribution in [0.1, 0.15) is 77.6 Å². The van der Waals surface area contributed by atoms with Crippen LogP contribution in [-0.4, -0.2) is 16.2 Å². The molecule has 1 saturated carbocycles. The SMILES string of the molecule is CCCCC/C=C\C/C=C\C=C(\O)[C@@H]1C[C@H]1[CH+]CCCCCC(=O)O. The van der Waals surface area contributed by atoms with E-state index in [1.807, 2.05) is 12.2 Å². The Morgan fingerprint density at radius 2 is 1.92 bits per heavy atom. The number of carbonyl (C=O) groups is 1. The van der Waals surface area contributed by atoms with Crippen molar-refractivity contribution in [1.82, 2.24) is 0 Å². The van der Waals surface area contributed by atoms with Crippen molar-refractivity contribution >= 4 is 5.97 Å². The fourth-order valence-electron chi connectivity index (χ4n) is 2.92. The van der Waals surface area contributed by atoms with Crippen molar-refractivity contribution in [3.05, 3.63) is 42.6 Å². The van der Waals surface area contributed by atoms with Crippen molar-refractivity contribution in [2.45, 2.75) is 77.6 Å². The lowest BCUT2D eigenvalue weighted by Crippen LogP contribution is -1.94. The third kappa shape index (κ3) is 11.5. The molecule has 25 heavy (non-hydrogen) atoms. The van der Waals surface area contributed by atoms with E-state index in [0.29, 0.717) is 17.6 Å². The Morgan fingerprint density at radius 3 is 2.68 bits per heavy atom. The number of aliphatic carboxylic acids is 1. The van der Waals surface area contributed by atoms with Crippen LogP contribution in [0.4, 0.5) is 0 Å². The molecule has 0 radical (unpaired) electrons. The van der Waals surface area contributed by atoms with Gasteiger partial charge in [-0.25, -0.2) is 0 Å². The smallest absolute Gasteiger partial charge is 0.303 e. The van der Waals surface area contributed by atoms with Crippen LogP contribution in [0.5, 0.6) is 0 Å². The number of hydrogen-bond donors (Lipinski definition) is 2. The highest BCUT2D eigenvalue weighted by Crippen LogP contribution is 2.45. The van der Waals surface area contributed by atoms with Crippen molar-refractivity contribution < 1.29 is 15.0 Å². The molecule has 0 aromatic rings. The molecular formula is C22H35O3+. The fraction of sp³-hybridized carbons (Fsp3) is 0.636. The highest BCUT2D eigenvalue weighted by Gasteiger charge is 2.46. The molecule has 1 aliphatic rings. The lowest BCUT2D eigenvalue weighted by Gasteiger charge is -1.95. The maximum absolute atomic E-state index is 10.4. The predicted molar refractivity (Wildman–Crippen MR) is 104 cm³/mol. The van der Waals surface area contributed by atoms with Gasteiger partial charge in [-0.1, -0.05) is 44.1 Å². The highest BCUT2D eigenvalue weighted by molar-refractivity contribution is 5.66. The van der Waals surface area contributed by atoms with E-state index in [1.54, 1.807) is 0 Å². The van der Waals surface area contributed by atoms with Gasteiger partial charge in [0.2, 0.25) is 0 Å². The van der Waals surface area contributed by atoms with Crippen LogP contribution in [0.25, 0.3) is 0 Å². The molecule has 0 bridgehead atoms. The van der Waals surface area contributed by atoms with Gasteiger partial charge in [-0.15, -0.1) is 0 Å². The summed E-state index contributed by atoms with van der Waals surface area (Å²) in [6.45, 7) is 2.22. The van der Waals surface area contributed by atoms with Crippen LogP contribution >= 0.6 is 0 Å². The summed E-state index contributed by atoms with van der Waals surface area (Å²) in [5, 5.41) is 18.6. The molecule has 0 aromatic heterocycles. The Kier molecular flexibility index (Phi) is 11.7. The van der Waals surface area contributed by atoms with E-state index < -0.39 is 5.97 Å². The molecule has 1 rings (SSSR count). The molecule has 140 valence electrons. The number of hydrogen-bond acceptors (Lipinski definition) is 2. The van der Waals surface area contributed by atoms with E-state index in [-0.39, 0.29) is 6.42 Å². The van der Waals surface area contributed by atoms with Crippen LogP contribution in [0.2, 0.25) is 0 Å². The summed E-state index contributed by atoms with van der Waals surface area (Å²) < 4.78 is 0. The van der Waals surface area contributed by atoms with E-state index in [2.05, 4.69) is 31.6 Å². The molecule has 0 aromatic carbocycles. The zero-order valence-corrected chi connectivity index (χ0v) is 15.7. The van der Waals surface area contributed by atoms with Gasteiger partial charge in [-0.3, -0.25) is 4.79 Å². The summed E-state index contributed by atoms with van der Waals surface area (Å²) in [7, 11) is 0. The second-order valence-corrected chi connectivity index (χ2v) is 6.96. The van der Waals surface area contributed by atoms with Crippen molar-refractivity contribution in [3.63, 3.8) is 0 Å². The quantitative estimate of drug-likeness (QED) is 0.119. The molecule has 0 unspecified atom stereocenters. The summed E-state index contributed by atoms with van der Waals surface area (Å²) in [5.74, 6) is 0.590. The Labute approximate surface area is 153 Å². The van der Waals surface area contributed by atoms with Crippen molar-refractivity contribution in [1.29, 1.82) is 0 Å². The first kappa shape index (κ1) is 21.4. The van der Waals surface area contributed by atoms with Gasteiger partial charge in [0.25, 0.3) is 0 Å². The number of carboxylic acids is 1. The zero-order chi connectivity index (χ0) is 18.3. The largest absolute Gasteiger partial charge is 0.512 e. The molecule has 0 aliphatic heterocycles. The maximum Gasteiger partial charge on any atom is 0.303 e. The van der Waals surface area contributed by atoms with Gasteiger partial charge in [-0.2, -0.15) is 0 Å². The topological polar surface area (TPSA) is 57.5 Å². The fourth-order valence-corrected chi connectivity index (χ4v) is 2.92. The van der Waals surface area contributed by atoms with Gasteiger partial charge in [-0.05, 0) is 44.6 Å². The highest BCUT2D eigenvalue weighted by atomic mass is 16.4. The Bertz CT molecular complexity index is 448. The lowest BCUT2D eigenvalue weighted by molar-refractivity contribution is -0.137. The lowest BCUT2D eigenvalue weighted by atomic mass is 10.1. The summed E-state index contributed by atoms with van der Waals surface area (Å²) >= 11 is 0. The maximum atomic E-state index is 10.4. The van der Waals surface area contributed by atoms with E-state index in [9.17, 15) is 9.90 Å². The van der Waals surface area contributed by atoms with Crippen LogP contribution in [0.15, 0.2) is 36.1 Å². The summed E-state index contributed by atoms with van der Waals surface area (Å²) in [5.41, 5.74) is 0. The van der Waals surface area contributed by atoms with E-state index in [0.717, 1.165) is 38.5 Å².